The third-order valence-electron chi connectivity index (χ3n) is 2.58. The third kappa shape index (κ3) is 3.56. The molecule has 0 aliphatic rings. The maximum absolute atomic E-state index is 10.9. The molecule has 0 fully saturated rings. The van der Waals surface area contributed by atoms with Gasteiger partial charge in [-0.2, -0.15) is 0 Å². The van der Waals surface area contributed by atoms with Gasteiger partial charge in [0.15, 0.2) is 0 Å². The molecule has 0 rings (SSSR count). The molecule has 1 N–H and O–H groups in total. The maximum Gasteiger partial charge on any atom is 0.243 e. The molecule has 12 heavy (non-hydrogen) atoms. The SMILES string of the molecule is C=CC(=O)NCC(C)(CC)CC. The molecule has 2 heteroatoms. The average Bonchev–Trinajstić information content (AvgIpc) is 2.13. The van der Waals surface area contributed by atoms with Crippen molar-refractivity contribution in [1.82, 2.24) is 5.32 Å². The number of hydrogen-bond donors (Lipinski definition) is 1. The Morgan fingerprint density at radius 1 is 1.50 bits per heavy atom. The van der Waals surface area contributed by atoms with Gasteiger partial charge in [0.05, 0.1) is 0 Å². The minimum atomic E-state index is -0.0804. The molecular weight excluding hydrogens is 150 g/mol. The fourth-order valence-electron chi connectivity index (χ4n) is 0.873. The van der Waals surface area contributed by atoms with Crippen molar-refractivity contribution < 1.29 is 4.79 Å². The van der Waals surface area contributed by atoms with E-state index in [0.717, 1.165) is 19.4 Å². The van der Waals surface area contributed by atoms with Crippen LogP contribution in [0.3, 0.4) is 0 Å². The summed E-state index contributed by atoms with van der Waals surface area (Å²) in [7, 11) is 0. The molecule has 0 saturated carbocycles. The molecule has 2 nitrogen and oxygen atoms in total. The van der Waals surface area contributed by atoms with Gasteiger partial charge < -0.3 is 5.32 Å². The zero-order chi connectivity index (χ0) is 9.61. The Hall–Kier alpha value is -0.790. The van der Waals surface area contributed by atoms with Gasteiger partial charge >= 0.3 is 0 Å². The lowest BCUT2D eigenvalue weighted by atomic mass is 9.85. The standard InChI is InChI=1S/C10H19NO/c1-5-9(12)11-8-10(4,6-2)7-3/h5H,1,6-8H2,2-4H3,(H,11,12). The number of amides is 1. The van der Waals surface area contributed by atoms with Crippen LogP contribution in [0.25, 0.3) is 0 Å². The number of rotatable bonds is 5. The average molecular weight is 169 g/mol. The van der Waals surface area contributed by atoms with E-state index >= 15 is 0 Å². The van der Waals surface area contributed by atoms with Gasteiger partial charge in [-0.25, -0.2) is 0 Å². The Morgan fingerprint density at radius 3 is 2.33 bits per heavy atom. The molecule has 0 aromatic carbocycles. The van der Waals surface area contributed by atoms with Crippen LogP contribution in [0.1, 0.15) is 33.6 Å². The smallest absolute Gasteiger partial charge is 0.243 e. The molecule has 0 unspecified atom stereocenters. The van der Waals surface area contributed by atoms with Gasteiger partial charge in [0.25, 0.3) is 0 Å². The van der Waals surface area contributed by atoms with Crippen LogP contribution in [0.5, 0.6) is 0 Å². The molecule has 0 aliphatic heterocycles. The third-order valence-corrected chi connectivity index (χ3v) is 2.58. The second-order valence-corrected chi connectivity index (χ2v) is 3.44. The highest BCUT2D eigenvalue weighted by atomic mass is 16.1. The predicted octanol–water partition coefficient (Wildman–Crippen LogP) is 2.11. The number of carbonyl (C=O) groups is 1. The molecule has 1 amide bonds. The molecule has 70 valence electrons. The van der Waals surface area contributed by atoms with Crippen LogP contribution in [0, 0.1) is 5.41 Å². The van der Waals surface area contributed by atoms with Crippen molar-refractivity contribution in [2.45, 2.75) is 33.6 Å². The first-order valence-corrected chi connectivity index (χ1v) is 4.48. The van der Waals surface area contributed by atoms with Gasteiger partial charge in [0, 0.05) is 6.54 Å². The van der Waals surface area contributed by atoms with E-state index in [2.05, 4.69) is 32.7 Å². The van der Waals surface area contributed by atoms with Gasteiger partial charge in [0.1, 0.15) is 0 Å². The van der Waals surface area contributed by atoms with E-state index < -0.39 is 0 Å². The predicted molar refractivity (Wildman–Crippen MR) is 51.9 cm³/mol. The van der Waals surface area contributed by atoms with Crippen LogP contribution in [-0.4, -0.2) is 12.5 Å². The highest BCUT2D eigenvalue weighted by Crippen LogP contribution is 2.23. The van der Waals surface area contributed by atoms with Gasteiger partial charge in [-0.15, -0.1) is 0 Å². The van der Waals surface area contributed by atoms with Gasteiger partial charge in [-0.3, -0.25) is 4.79 Å². The van der Waals surface area contributed by atoms with Gasteiger partial charge in [-0.1, -0.05) is 27.4 Å². The van der Waals surface area contributed by atoms with E-state index in [-0.39, 0.29) is 11.3 Å². The molecule has 0 atom stereocenters. The summed E-state index contributed by atoms with van der Waals surface area (Å²) < 4.78 is 0. The van der Waals surface area contributed by atoms with E-state index in [0.29, 0.717) is 0 Å². The molecule has 0 radical (unpaired) electrons. The monoisotopic (exact) mass is 169 g/mol. The van der Waals surface area contributed by atoms with Crippen molar-refractivity contribution in [2.24, 2.45) is 5.41 Å². The highest BCUT2D eigenvalue weighted by Gasteiger charge is 2.19. The lowest BCUT2D eigenvalue weighted by molar-refractivity contribution is -0.116. The Bertz CT molecular complexity index is 159. The fraction of sp³-hybridized carbons (Fsp3) is 0.700. The fourth-order valence-corrected chi connectivity index (χ4v) is 0.873. The molecular formula is C10H19NO. The first kappa shape index (κ1) is 11.2. The van der Waals surface area contributed by atoms with E-state index in [1.165, 1.54) is 6.08 Å². The highest BCUT2D eigenvalue weighted by molar-refractivity contribution is 5.86. The van der Waals surface area contributed by atoms with Crippen molar-refractivity contribution in [3.8, 4) is 0 Å². The molecule has 0 aromatic heterocycles. The van der Waals surface area contributed by atoms with E-state index in [4.69, 9.17) is 0 Å². The van der Waals surface area contributed by atoms with Crippen LogP contribution >= 0.6 is 0 Å². The van der Waals surface area contributed by atoms with Crippen molar-refractivity contribution >= 4 is 5.91 Å². The summed E-state index contributed by atoms with van der Waals surface area (Å²) in [5.41, 5.74) is 0.235. The van der Waals surface area contributed by atoms with Gasteiger partial charge in [-0.05, 0) is 24.3 Å². The molecule has 0 bridgehead atoms. The summed E-state index contributed by atoms with van der Waals surface area (Å²) in [5, 5.41) is 2.82. The summed E-state index contributed by atoms with van der Waals surface area (Å²) in [4.78, 5) is 10.9. The first-order valence-electron chi connectivity index (χ1n) is 4.48. The van der Waals surface area contributed by atoms with Crippen LogP contribution in [0.4, 0.5) is 0 Å². The zero-order valence-electron chi connectivity index (χ0n) is 8.31. The molecule has 0 aromatic rings. The van der Waals surface area contributed by atoms with Crippen molar-refractivity contribution in [1.29, 1.82) is 0 Å². The molecule has 0 aliphatic carbocycles. The normalized spacial score (nSPS) is 10.9. The summed E-state index contributed by atoms with van der Waals surface area (Å²) in [6.45, 7) is 10.6. The van der Waals surface area contributed by atoms with E-state index in [1.54, 1.807) is 0 Å². The van der Waals surface area contributed by atoms with Crippen LogP contribution in [-0.2, 0) is 4.79 Å². The minimum Gasteiger partial charge on any atom is -0.352 e. The van der Waals surface area contributed by atoms with Crippen molar-refractivity contribution in [3.63, 3.8) is 0 Å². The second-order valence-electron chi connectivity index (χ2n) is 3.44. The maximum atomic E-state index is 10.9. The summed E-state index contributed by atoms with van der Waals surface area (Å²) >= 11 is 0. The quantitative estimate of drug-likeness (QED) is 0.627. The Balaban J connectivity index is 3.88. The van der Waals surface area contributed by atoms with Gasteiger partial charge in [0.2, 0.25) is 5.91 Å². The van der Waals surface area contributed by atoms with Crippen LogP contribution in [0.15, 0.2) is 12.7 Å². The topological polar surface area (TPSA) is 29.1 Å². The largest absolute Gasteiger partial charge is 0.352 e. The zero-order valence-corrected chi connectivity index (χ0v) is 8.31. The lowest BCUT2D eigenvalue weighted by Gasteiger charge is -2.26. The van der Waals surface area contributed by atoms with Crippen molar-refractivity contribution in [2.75, 3.05) is 6.54 Å². The van der Waals surface area contributed by atoms with Crippen molar-refractivity contribution in [3.05, 3.63) is 12.7 Å². The second kappa shape index (κ2) is 4.96. The lowest BCUT2D eigenvalue weighted by Crippen LogP contribution is -2.33. The summed E-state index contributed by atoms with van der Waals surface area (Å²) in [6.07, 6.45) is 3.48. The van der Waals surface area contributed by atoms with Crippen LogP contribution < -0.4 is 5.32 Å². The first-order chi connectivity index (χ1) is 5.58. The molecule has 0 saturated heterocycles. The minimum absolute atomic E-state index is 0.0804. The summed E-state index contributed by atoms with van der Waals surface area (Å²) in [5.74, 6) is -0.0804. The Labute approximate surface area is 75.0 Å². The Kier molecular flexibility index (Phi) is 4.64. The molecule has 0 spiro atoms. The summed E-state index contributed by atoms with van der Waals surface area (Å²) in [6, 6.07) is 0. The van der Waals surface area contributed by atoms with E-state index in [1.807, 2.05) is 0 Å². The number of carbonyl (C=O) groups excluding carboxylic acids is 1. The van der Waals surface area contributed by atoms with E-state index in [9.17, 15) is 4.79 Å². The van der Waals surface area contributed by atoms with Crippen LogP contribution in [0.2, 0.25) is 0 Å². The number of hydrogen-bond acceptors (Lipinski definition) is 1. The Morgan fingerprint density at radius 2 is 2.00 bits per heavy atom. The molecule has 0 heterocycles. The number of nitrogens with one attached hydrogen (secondary N) is 1.